The third kappa shape index (κ3) is 5.36. The van der Waals surface area contributed by atoms with E-state index in [1.807, 2.05) is 0 Å². The summed E-state index contributed by atoms with van der Waals surface area (Å²) < 4.78 is 5.85. The molecule has 10 nitrogen and oxygen atoms in total. The lowest BCUT2D eigenvalue weighted by atomic mass is 10.1. The molecule has 0 saturated carbocycles. The highest BCUT2D eigenvalue weighted by atomic mass is 32.2. The van der Waals surface area contributed by atoms with Crippen LogP contribution in [0.1, 0.15) is 16.7 Å². The molecular formula is C24H17N3O7S. The molecule has 176 valence electrons. The second-order valence-electron chi connectivity index (χ2n) is 7.40. The highest BCUT2D eigenvalue weighted by Gasteiger charge is 2.36. The zero-order valence-corrected chi connectivity index (χ0v) is 18.8. The molecule has 1 heterocycles. The summed E-state index contributed by atoms with van der Waals surface area (Å²) in [6.45, 7) is -0.0700. The largest absolute Gasteiger partial charge is 0.488 e. The van der Waals surface area contributed by atoms with E-state index in [1.54, 1.807) is 42.5 Å². The number of hydrogen-bond acceptors (Lipinski definition) is 8. The van der Waals surface area contributed by atoms with Gasteiger partial charge in [-0.25, -0.2) is 0 Å². The second kappa shape index (κ2) is 10.2. The second-order valence-corrected chi connectivity index (χ2v) is 8.40. The summed E-state index contributed by atoms with van der Waals surface area (Å²) >= 11 is 0.747. The van der Waals surface area contributed by atoms with Crippen LogP contribution in [0.4, 0.5) is 16.2 Å². The summed E-state index contributed by atoms with van der Waals surface area (Å²) in [5.41, 5.74) is 1.35. The first-order chi connectivity index (χ1) is 16.8. The van der Waals surface area contributed by atoms with Gasteiger partial charge >= 0.3 is 0 Å². The van der Waals surface area contributed by atoms with Crippen LogP contribution in [0.2, 0.25) is 0 Å². The maximum absolute atomic E-state index is 12.9. The van der Waals surface area contributed by atoms with Gasteiger partial charge in [-0.2, -0.15) is 0 Å². The summed E-state index contributed by atoms with van der Waals surface area (Å²) in [4.78, 5) is 47.6. The maximum Gasteiger partial charge on any atom is 0.293 e. The number of benzene rings is 3. The van der Waals surface area contributed by atoms with Crippen molar-refractivity contribution in [2.45, 2.75) is 13.2 Å². The molecule has 1 saturated heterocycles. The van der Waals surface area contributed by atoms with Crippen molar-refractivity contribution < 1.29 is 24.2 Å². The number of rotatable bonds is 8. The molecule has 35 heavy (non-hydrogen) atoms. The van der Waals surface area contributed by atoms with Gasteiger partial charge < -0.3 is 4.74 Å². The number of amides is 2. The molecule has 3 aromatic carbocycles. The lowest BCUT2D eigenvalue weighted by Gasteiger charge is -2.12. The van der Waals surface area contributed by atoms with E-state index in [9.17, 15) is 29.8 Å². The minimum Gasteiger partial charge on any atom is -0.488 e. The lowest BCUT2D eigenvalue weighted by Crippen LogP contribution is -2.27. The summed E-state index contributed by atoms with van der Waals surface area (Å²) in [6.07, 6.45) is 1.54. The third-order valence-corrected chi connectivity index (χ3v) is 6.04. The number of hydrogen-bond donors (Lipinski definition) is 0. The van der Waals surface area contributed by atoms with E-state index in [2.05, 4.69) is 0 Å². The van der Waals surface area contributed by atoms with Crippen LogP contribution in [0.3, 0.4) is 0 Å². The molecule has 0 radical (unpaired) electrons. The van der Waals surface area contributed by atoms with Crippen LogP contribution in [-0.4, -0.2) is 25.9 Å². The lowest BCUT2D eigenvalue weighted by molar-refractivity contribution is -0.385. The van der Waals surface area contributed by atoms with Crippen molar-refractivity contribution in [1.29, 1.82) is 0 Å². The maximum atomic E-state index is 12.9. The zero-order valence-electron chi connectivity index (χ0n) is 18.0. The van der Waals surface area contributed by atoms with E-state index in [4.69, 9.17) is 4.74 Å². The summed E-state index contributed by atoms with van der Waals surface area (Å²) in [5, 5.41) is 21.5. The van der Waals surface area contributed by atoms with E-state index >= 15 is 0 Å². The van der Waals surface area contributed by atoms with E-state index < -0.39 is 21.0 Å². The summed E-state index contributed by atoms with van der Waals surface area (Å²) in [6, 6.07) is 18.8. The number of nitro groups is 2. The quantitative estimate of drug-likeness (QED) is 0.235. The molecule has 0 bridgehead atoms. The molecule has 0 spiro atoms. The molecule has 4 rings (SSSR count). The van der Waals surface area contributed by atoms with Crippen molar-refractivity contribution in [3.05, 3.63) is 115 Å². The van der Waals surface area contributed by atoms with E-state index in [-0.39, 0.29) is 35.0 Å². The monoisotopic (exact) mass is 491 g/mol. The van der Waals surface area contributed by atoms with Crippen LogP contribution in [-0.2, 0) is 17.9 Å². The van der Waals surface area contributed by atoms with Crippen molar-refractivity contribution in [2.75, 3.05) is 0 Å². The Bertz CT molecular complexity index is 1360. The fraction of sp³-hybridized carbons (Fsp3) is 0.0833. The molecule has 1 aliphatic heterocycles. The number of imide groups is 1. The first-order valence-corrected chi connectivity index (χ1v) is 11.1. The number of nitro benzene ring substituents is 2. The molecule has 0 unspecified atom stereocenters. The zero-order chi connectivity index (χ0) is 24.9. The van der Waals surface area contributed by atoms with Gasteiger partial charge in [0.05, 0.1) is 21.3 Å². The smallest absolute Gasteiger partial charge is 0.293 e. The molecule has 0 aliphatic carbocycles. The van der Waals surface area contributed by atoms with Crippen LogP contribution in [0.5, 0.6) is 5.75 Å². The summed E-state index contributed by atoms with van der Waals surface area (Å²) in [7, 11) is 0. The molecular weight excluding hydrogens is 474 g/mol. The van der Waals surface area contributed by atoms with E-state index in [0.717, 1.165) is 22.2 Å². The average Bonchev–Trinajstić information content (AvgIpc) is 3.11. The first kappa shape index (κ1) is 23.6. The Morgan fingerprint density at radius 2 is 1.57 bits per heavy atom. The topological polar surface area (TPSA) is 133 Å². The predicted molar refractivity (Wildman–Crippen MR) is 128 cm³/mol. The van der Waals surface area contributed by atoms with Gasteiger partial charge in [-0.3, -0.25) is 34.7 Å². The van der Waals surface area contributed by atoms with Crippen molar-refractivity contribution in [3.63, 3.8) is 0 Å². The molecule has 3 aromatic rings. The van der Waals surface area contributed by atoms with Crippen LogP contribution in [0.25, 0.3) is 6.08 Å². The van der Waals surface area contributed by atoms with Gasteiger partial charge in [-0.05, 0) is 41.6 Å². The van der Waals surface area contributed by atoms with Gasteiger partial charge in [0.1, 0.15) is 12.4 Å². The SMILES string of the molecule is O=C1S/C(=C\c2ccccc2OCc2ccc([N+](=O)[O-])cc2)C(=O)N1Cc1ccccc1[N+](=O)[O-]. The van der Waals surface area contributed by atoms with Gasteiger partial charge in [-0.15, -0.1) is 0 Å². The van der Waals surface area contributed by atoms with Gasteiger partial charge in [0.25, 0.3) is 22.5 Å². The van der Waals surface area contributed by atoms with Crippen LogP contribution in [0.15, 0.2) is 77.7 Å². The molecule has 1 aliphatic rings. The summed E-state index contributed by atoms with van der Waals surface area (Å²) in [5.74, 6) is -0.0975. The standard InChI is InChI=1S/C24H17N3O7S/c28-23-22(35-24(29)25(23)14-18-6-1-3-7-20(18)27(32)33)13-17-5-2-4-8-21(17)34-15-16-9-11-19(12-10-16)26(30)31/h1-13H,14-15H2/b22-13-. The molecule has 1 fully saturated rings. The first-order valence-electron chi connectivity index (χ1n) is 10.3. The number of para-hydroxylation sites is 2. The number of ether oxygens (including phenoxy) is 1. The number of carbonyl (C=O) groups is 2. The van der Waals surface area contributed by atoms with Crippen molar-refractivity contribution >= 4 is 40.4 Å². The van der Waals surface area contributed by atoms with Crippen LogP contribution >= 0.6 is 11.8 Å². The van der Waals surface area contributed by atoms with Crippen molar-refractivity contribution in [1.82, 2.24) is 4.90 Å². The van der Waals surface area contributed by atoms with Crippen LogP contribution < -0.4 is 4.74 Å². The molecule has 0 N–H and O–H groups in total. The fourth-order valence-electron chi connectivity index (χ4n) is 3.38. The van der Waals surface area contributed by atoms with Crippen molar-refractivity contribution in [3.8, 4) is 5.75 Å². The minimum absolute atomic E-state index is 0.0225. The Morgan fingerprint density at radius 3 is 2.29 bits per heavy atom. The molecule has 0 aromatic heterocycles. The highest BCUT2D eigenvalue weighted by molar-refractivity contribution is 8.18. The normalized spacial score (nSPS) is 14.4. The van der Waals surface area contributed by atoms with E-state index in [0.29, 0.717) is 11.3 Å². The number of thioether (sulfide) groups is 1. The Hall–Kier alpha value is -4.51. The molecule has 2 amide bonds. The van der Waals surface area contributed by atoms with Crippen LogP contribution in [0, 0.1) is 20.2 Å². The third-order valence-electron chi connectivity index (χ3n) is 5.14. The number of carbonyl (C=O) groups excluding carboxylic acids is 2. The van der Waals surface area contributed by atoms with Gasteiger partial charge in [0, 0.05) is 29.3 Å². The minimum atomic E-state index is -0.553. The Balaban J connectivity index is 1.51. The predicted octanol–water partition coefficient (Wildman–Crippen LogP) is 5.32. The molecule has 0 atom stereocenters. The Labute approximate surface area is 203 Å². The van der Waals surface area contributed by atoms with Gasteiger partial charge in [0.15, 0.2) is 0 Å². The number of nitrogens with zero attached hydrogens (tertiary/aromatic N) is 3. The Morgan fingerprint density at radius 1 is 0.886 bits per heavy atom. The Kier molecular flexibility index (Phi) is 6.88. The van der Waals surface area contributed by atoms with Gasteiger partial charge in [-0.1, -0.05) is 36.4 Å². The average molecular weight is 491 g/mol. The van der Waals surface area contributed by atoms with Gasteiger partial charge in [0.2, 0.25) is 0 Å². The molecule has 11 heteroatoms. The van der Waals surface area contributed by atoms with Crippen molar-refractivity contribution in [2.24, 2.45) is 0 Å². The fourth-order valence-corrected chi connectivity index (χ4v) is 4.21. The number of non-ortho nitro benzene ring substituents is 1. The van der Waals surface area contributed by atoms with E-state index in [1.165, 1.54) is 36.4 Å². The highest BCUT2D eigenvalue weighted by Crippen LogP contribution is 2.36.